The summed E-state index contributed by atoms with van der Waals surface area (Å²) >= 11 is 0. The molecule has 0 N–H and O–H groups in total. The largest absolute Gasteiger partial charge is 0.493 e. The monoisotopic (exact) mass is 342 g/mol. The van der Waals surface area contributed by atoms with Gasteiger partial charge in [0, 0.05) is 5.39 Å². The molecule has 0 aromatic heterocycles. The molecule has 0 unspecified atom stereocenters. The Bertz CT molecular complexity index is 1030. The second-order valence-corrected chi connectivity index (χ2v) is 7.14. The molecule has 0 heterocycles. The maximum atomic E-state index is 6.14. The molecule has 0 aliphatic carbocycles. The smallest absolute Gasteiger partial charge is 0.127 e. The van der Waals surface area contributed by atoms with E-state index in [9.17, 15) is 0 Å². The molecule has 0 fully saturated rings. The molecule has 0 bridgehead atoms. The van der Waals surface area contributed by atoms with Crippen LogP contribution in [0.25, 0.3) is 32.3 Å². The fourth-order valence-corrected chi connectivity index (χ4v) is 3.70. The minimum absolute atomic E-state index is 0.804. The lowest BCUT2D eigenvalue weighted by Gasteiger charge is -2.11. The number of unbranched alkanes of at least 4 members (excludes halogenated alkanes) is 4. The van der Waals surface area contributed by atoms with E-state index < -0.39 is 0 Å². The summed E-state index contributed by atoms with van der Waals surface area (Å²) in [7, 11) is 0. The molecule has 132 valence electrons. The zero-order chi connectivity index (χ0) is 17.8. The summed E-state index contributed by atoms with van der Waals surface area (Å²) in [5, 5.41) is 7.59. The van der Waals surface area contributed by atoms with E-state index in [1.165, 1.54) is 58.0 Å². The molecule has 0 saturated heterocycles. The van der Waals surface area contributed by atoms with E-state index in [4.69, 9.17) is 4.74 Å². The van der Waals surface area contributed by atoms with Crippen LogP contribution in [0.15, 0.2) is 66.7 Å². The molecule has 4 aromatic rings. The third-order valence-electron chi connectivity index (χ3n) is 5.17. The van der Waals surface area contributed by atoms with Crippen molar-refractivity contribution >= 4 is 32.3 Å². The standard InChI is InChI=1S/C25H26O/c1-2-3-4-5-8-14-26-25-13-9-12-21-17-22-15-19-10-6-7-11-20(19)16-23(22)18-24(21)25/h6-7,9-13,15-18H,2-5,8,14H2,1H3. The maximum Gasteiger partial charge on any atom is 0.127 e. The van der Waals surface area contributed by atoms with E-state index in [2.05, 4.69) is 73.7 Å². The summed E-state index contributed by atoms with van der Waals surface area (Å²) in [4.78, 5) is 0. The molecule has 4 rings (SSSR count). The molecule has 0 saturated carbocycles. The summed E-state index contributed by atoms with van der Waals surface area (Å²) in [5.74, 6) is 1.01. The van der Waals surface area contributed by atoms with Gasteiger partial charge in [0.15, 0.2) is 0 Å². The van der Waals surface area contributed by atoms with Crippen LogP contribution < -0.4 is 4.74 Å². The Balaban J connectivity index is 1.64. The second kappa shape index (κ2) is 7.78. The Labute approximate surface area is 155 Å². The lowest BCUT2D eigenvalue weighted by Crippen LogP contribution is -1.98. The molecular formula is C25H26O. The molecule has 4 aromatic carbocycles. The van der Waals surface area contributed by atoms with Crippen LogP contribution in [0.3, 0.4) is 0 Å². The van der Waals surface area contributed by atoms with Gasteiger partial charge in [0.2, 0.25) is 0 Å². The fraction of sp³-hybridized carbons (Fsp3) is 0.280. The van der Waals surface area contributed by atoms with Crippen LogP contribution >= 0.6 is 0 Å². The van der Waals surface area contributed by atoms with Crippen LogP contribution in [0.5, 0.6) is 5.75 Å². The van der Waals surface area contributed by atoms with Crippen molar-refractivity contribution in [3.63, 3.8) is 0 Å². The normalized spacial score (nSPS) is 11.4. The van der Waals surface area contributed by atoms with Gasteiger partial charge >= 0.3 is 0 Å². The van der Waals surface area contributed by atoms with E-state index in [0.717, 1.165) is 18.8 Å². The van der Waals surface area contributed by atoms with Gasteiger partial charge in [-0.3, -0.25) is 0 Å². The van der Waals surface area contributed by atoms with Crippen molar-refractivity contribution in [2.24, 2.45) is 0 Å². The first-order valence-corrected chi connectivity index (χ1v) is 9.83. The zero-order valence-corrected chi connectivity index (χ0v) is 15.5. The molecule has 1 nitrogen and oxygen atoms in total. The van der Waals surface area contributed by atoms with Gasteiger partial charge in [-0.1, -0.05) is 69.0 Å². The first kappa shape index (κ1) is 16.9. The predicted molar refractivity (Wildman–Crippen MR) is 113 cm³/mol. The van der Waals surface area contributed by atoms with E-state index in [-0.39, 0.29) is 0 Å². The molecule has 26 heavy (non-hydrogen) atoms. The highest BCUT2D eigenvalue weighted by Gasteiger charge is 2.05. The minimum Gasteiger partial charge on any atom is -0.493 e. The average molecular weight is 342 g/mol. The van der Waals surface area contributed by atoms with E-state index in [1.807, 2.05) is 0 Å². The number of ether oxygens (including phenoxy) is 1. The van der Waals surface area contributed by atoms with Crippen LogP contribution in [0.2, 0.25) is 0 Å². The summed E-state index contributed by atoms with van der Waals surface area (Å²) < 4.78 is 6.14. The average Bonchev–Trinajstić information content (AvgIpc) is 2.67. The summed E-state index contributed by atoms with van der Waals surface area (Å²) in [6.45, 7) is 3.05. The predicted octanol–water partition coefficient (Wildman–Crippen LogP) is 7.50. The highest BCUT2D eigenvalue weighted by molar-refractivity contribution is 6.06. The summed E-state index contributed by atoms with van der Waals surface area (Å²) in [6.07, 6.45) is 6.31. The molecule has 0 radical (unpaired) electrons. The van der Waals surface area contributed by atoms with Crippen molar-refractivity contribution in [1.29, 1.82) is 0 Å². The van der Waals surface area contributed by atoms with Crippen molar-refractivity contribution in [2.75, 3.05) is 6.61 Å². The molecule has 0 spiro atoms. The molecule has 1 heteroatoms. The lowest BCUT2D eigenvalue weighted by molar-refractivity contribution is 0.308. The fourth-order valence-electron chi connectivity index (χ4n) is 3.70. The Kier molecular flexibility index (Phi) is 5.06. The number of hydrogen-bond acceptors (Lipinski definition) is 1. The summed E-state index contributed by atoms with van der Waals surface area (Å²) in [5.41, 5.74) is 0. The molecule has 0 amide bonds. The minimum atomic E-state index is 0.804. The number of fused-ring (bicyclic) bond motifs is 3. The Hall–Kier alpha value is -2.54. The van der Waals surface area contributed by atoms with E-state index in [1.54, 1.807) is 0 Å². The van der Waals surface area contributed by atoms with E-state index in [0.29, 0.717) is 0 Å². The lowest BCUT2D eigenvalue weighted by atomic mass is 9.99. The van der Waals surface area contributed by atoms with Gasteiger partial charge in [-0.15, -0.1) is 0 Å². The Morgan fingerprint density at radius 2 is 1.27 bits per heavy atom. The molecular weight excluding hydrogens is 316 g/mol. The van der Waals surface area contributed by atoms with Gasteiger partial charge in [-0.25, -0.2) is 0 Å². The van der Waals surface area contributed by atoms with Gasteiger partial charge in [0.05, 0.1) is 6.61 Å². The third-order valence-corrected chi connectivity index (χ3v) is 5.17. The third kappa shape index (κ3) is 3.53. The highest BCUT2D eigenvalue weighted by atomic mass is 16.5. The maximum absolute atomic E-state index is 6.14. The second-order valence-electron chi connectivity index (χ2n) is 7.14. The van der Waals surface area contributed by atoms with Crippen molar-refractivity contribution in [2.45, 2.75) is 39.0 Å². The molecule has 0 atom stereocenters. The number of rotatable bonds is 7. The summed E-state index contributed by atoms with van der Waals surface area (Å²) in [6, 6.07) is 24.1. The van der Waals surface area contributed by atoms with Crippen molar-refractivity contribution in [3.8, 4) is 5.75 Å². The van der Waals surface area contributed by atoms with Gasteiger partial charge in [0.1, 0.15) is 5.75 Å². The first-order chi connectivity index (χ1) is 12.8. The topological polar surface area (TPSA) is 9.23 Å². The Morgan fingerprint density at radius 1 is 0.615 bits per heavy atom. The van der Waals surface area contributed by atoms with Gasteiger partial charge in [0.25, 0.3) is 0 Å². The van der Waals surface area contributed by atoms with Crippen molar-refractivity contribution in [3.05, 3.63) is 66.7 Å². The molecule has 0 aliphatic rings. The van der Waals surface area contributed by atoms with Gasteiger partial charge < -0.3 is 4.74 Å². The van der Waals surface area contributed by atoms with Crippen LogP contribution in [-0.4, -0.2) is 6.61 Å². The zero-order valence-electron chi connectivity index (χ0n) is 15.5. The highest BCUT2D eigenvalue weighted by Crippen LogP contribution is 2.32. The molecule has 0 aliphatic heterocycles. The quantitative estimate of drug-likeness (QED) is 0.249. The van der Waals surface area contributed by atoms with Gasteiger partial charge in [-0.2, -0.15) is 0 Å². The first-order valence-electron chi connectivity index (χ1n) is 9.83. The number of benzene rings is 4. The van der Waals surface area contributed by atoms with E-state index >= 15 is 0 Å². The van der Waals surface area contributed by atoms with Crippen LogP contribution in [0, 0.1) is 0 Å². The van der Waals surface area contributed by atoms with Crippen molar-refractivity contribution in [1.82, 2.24) is 0 Å². The van der Waals surface area contributed by atoms with Crippen LogP contribution in [0.4, 0.5) is 0 Å². The van der Waals surface area contributed by atoms with Gasteiger partial charge in [-0.05, 0) is 63.7 Å². The van der Waals surface area contributed by atoms with Crippen LogP contribution in [0.1, 0.15) is 39.0 Å². The Morgan fingerprint density at radius 3 is 2.04 bits per heavy atom. The van der Waals surface area contributed by atoms with Crippen LogP contribution in [-0.2, 0) is 0 Å². The SMILES string of the molecule is CCCCCCCOc1cccc2cc3cc4ccccc4cc3cc12. The van der Waals surface area contributed by atoms with Crippen molar-refractivity contribution < 1.29 is 4.74 Å². The number of hydrogen-bond donors (Lipinski definition) is 0.